The van der Waals surface area contributed by atoms with Gasteiger partial charge >= 0.3 is 5.69 Å². The largest absolute Gasteiger partial charge is 0.328 e. The van der Waals surface area contributed by atoms with Crippen LogP contribution in [-0.2, 0) is 7.05 Å². The Morgan fingerprint density at radius 1 is 1.46 bits per heavy atom. The monoisotopic (exact) mass is 180 g/mol. The maximum Gasteiger partial charge on any atom is 0.328 e. The first kappa shape index (κ1) is 8.29. The number of H-pyrrole nitrogens is 1. The lowest BCUT2D eigenvalue weighted by Crippen LogP contribution is -2.34. The van der Waals surface area contributed by atoms with Gasteiger partial charge in [-0.3, -0.25) is 9.36 Å². The lowest BCUT2D eigenvalue weighted by Gasteiger charge is -2.24. The fraction of sp³-hybridized carbons (Fsp3) is 0.556. The Bertz CT molecular complexity index is 395. The number of aromatic amines is 1. The molecule has 4 nitrogen and oxygen atoms in total. The minimum atomic E-state index is -0.311. The molecule has 1 fully saturated rings. The molecule has 1 N–H and O–H groups in total. The van der Waals surface area contributed by atoms with Crippen LogP contribution in [0.4, 0.5) is 0 Å². The van der Waals surface area contributed by atoms with Gasteiger partial charge in [0.2, 0.25) is 0 Å². The standard InChI is InChI=1S/C9H12N2O2/c1-11-8(12)5-7(10-9(11)13)6-3-2-4-6/h5-6H,2-4H2,1H3,(H,10,13). The lowest BCUT2D eigenvalue weighted by atomic mass is 9.83. The van der Waals surface area contributed by atoms with E-state index in [-0.39, 0.29) is 11.2 Å². The van der Waals surface area contributed by atoms with Crippen molar-refractivity contribution in [2.45, 2.75) is 25.2 Å². The van der Waals surface area contributed by atoms with Crippen molar-refractivity contribution in [3.63, 3.8) is 0 Å². The minimum Gasteiger partial charge on any atom is -0.311 e. The van der Waals surface area contributed by atoms with E-state index >= 15 is 0 Å². The van der Waals surface area contributed by atoms with Gasteiger partial charge < -0.3 is 4.98 Å². The fourth-order valence-corrected chi connectivity index (χ4v) is 1.51. The Morgan fingerprint density at radius 2 is 2.15 bits per heavy atom. The van der Waals surface area contributed by atoms with Crippen LogP contribution in [0, 0.1) is 0 Å². The molecule has 1 heterocycles. The summed E-state index contributed by atoms with van der Waals surface area (Å²) in [5, 5.41) is 0. The van der Waals surface area contributed by atoms with E-state index in [0.29, 0.717) is 5.92 Å². The predicted octanol–water partition coefficient (Wildman–Crippen LogP) is 0.341. The summed E-state index contributed by atoms with van der Waals surface area (Å²) < 4.78 is 1.09. The maximum atomic E-state index is 11.2. The molecule has 13 heavy (non-hydrogen) atoms. The Balaban J connectivity index is 2.49. The SMILES string of the molecule is Cn1c(=O)cc(C2CCC2)[nH]c1=O. The minimum absolute atomic E-state index is 0.217. The van der Waals surface area contributed by atoms with E-state index in [0.717, 1.165) is 23.1 Å². The molecule has 2 rings (SSSR count). The van der Waals surface area contributed by atoms with Gasteiger partial charge in [-0.05, 0) is 18.8 Å². The normalized spacial score (nSPS) is 17.0. The van der Waals surface area contributed by atoms with Gasteiger partial charge in [0.25, 0.3) is 5.56 Å². The molecule has 0 atom stereocenters. The van der Waals surface area contributed by atoms with Gasteiger partial charge in [0.1, 0.15) is 0 Å². The first-order valence-electron chi connectivity index (χ1n) is 4.49. The van der Waals surface area contributed by atoms with Gasteiger partial charge in [-0.25, -0.2) is 4.79 Å². The summed E-state index contributed by atoms with van der Waals surface area (Å²) in [5.41, 5.74) is 0.277. The van der Waals surface area contributed by atoms with Crippen LogP contribution in [0.5, 0.6) is 0 Å². The number of hydrogen-bond acceptors (Lipinski definition) is 2. The van der Waals surface area contributed by atoms with E-state index in [1.54, 1.807) is 0 Å². The van der Waals surface area contributed by atoms with E-state index in [1.807, 2.05) is 0 Å². The van der Waals surface area contributed by atoms with Crippen molar-refractivity contribution in [1.82, 2.24) is 9.55 Å². The number of nitrogens with one attached hydrogen (secondary N) is 1. The van der Waals surface area contributed by atoms with Crippen molar-refractivity contribution in [3.8, 4) is 0 Å². The third-order valence-electron chi connectivity index (χ3n) is 2.71. The molecule has 1 aliphatic carbocycles. The van der Waals surface area contributed by atoms with E-state index in [1.165, 1.54) is 19.5 Å². The summed E-state index contributed by atoms with van der Waals surface area (Å²) in [6, 6.07) is 1.53. The van der Waals surface area contributed by atoms with E-state index < -0.39 is 0 Å². The van der Waals surface area contributed by atoms with Gasteiger partial charge in [-0.1, -0.05) is 6.42 Å². The smallest absolute Gasteiger partial charge is 0.311 e. The van der Waals surface area contributed by atoms with Crippen LogP contribution in [0.1, 0.15) is 30.9 Å². The number of hydrogen-bond donors (Lipinski definition) is 1. The van der Waals surface area contributed by atoms with E-state index in [2.05, 4.69) is 4.98 Å². The number of rotatable bonds is 1. The van der Waals surface area contributed by atoms with Crippen molar-refractivity contribution in [2.24, 2.45) is 7.05 Å². The summed E-state index contributed by atoms with van der Waals surface area (Å²) in [4.78, 5) is 25.2. The highest BCUT2D eigenvalue weighted by Crippen LogP contribution is 2.33. The Labute approximate surface area is 75.2 Å². The topological polar surface area (TPSA) is 54.9 Å². The van der Waals surface area contributed by atoms with Crippen LogP contribution < -0.4 is 11.2 Å². The van der Waals surface area contributed by atoms with Crippen LogP contribution in [-0.4, -0.2) is 9.55 Å². The molecule has 70 valence electrons. The van der Waals surface area contributed by atoms with Crippen LogP contribution in [0.2, 0.25) is 0 Å². The molecule has 1 aromatic heterocycles. The molecular formula is C9H12N2O2. The summed E-state index contributed by atoms with van der Waals surface area (Å²) >= 11 is 0. The first-order chi connectivity index (χ1) is 6.18. The first-order valence-corrected chi connectivity index (χ1v) is 4.49. The molecule has 0 aliphatic heterocycles. The van der Waals surface area contributed by atoms with Gasteiger partial charge in [0, 0.05) is 18.8 Å². The molecule has 0 amide bonds. The third kappa shape index (κ3) is 1.32. The molecule has 1 aliphatic rings. The zero-order valence-electron chi connectivity index (χ0n) is 7.54. The molecular weight excluding hydrogens is 168 g/mol. The molecule has 1 aromatic rings. The zero-order valence-corrected chi connectivity index (χ0v) is 7.54. The summed E-state index contributed by atoms with van der Waals surface area (Å²) in [6.45, 7) is 0. The van der Waals surface area contributed by atoms with Gasteiger partial charge in [-0.15, -0.1) is 0 Å². The highest BCUT2D eigenvalue weighted by Gasteiger charge is 2.20. The van der Waals surface area contributed by atoms with Crippen LogP contribution in [0.15, 0.2) is 15.7 Å². The summed E-state index contributed by atoms with van der Waals surface area (Å²) in [5.74, 6) is 0.404. The molecule has 0 saturated heterocycles. The molecule has 0 unspecified atom stereocenters. The summed E-state index contributed by atoms with van der Waals surface area (Å²) in [7, 11) is 1.48. The Kier molecular flexibility index (Phi) is 1.83. The number of nitrogens with zero attached hydrogens (tertiary/aromatic N) is 1. The average molecular weight is 180 g/mol. The van der Waals surface area contributed by atoms with Crippen LogP contribution in [0.3, 0.4) is 0 Å². The van der Waals surface area contributed by atoms with Crippen molar-refractivity contribution in [2.75, 3.05) is 0 Å². The quantitative estimate of drug-likeness (QED) is 0.677. The zero-order chi connectivity index (χ0) is 9.42. The Morgan fingerprint density at radius 3 is 2.62 bits per heavy atom. The van der Waals surface area contributed by atoms with Crippen molar-refractivity contribution >= 4 is 0 Å². The van der Waals surface area contributed by atoms with E-state index in [9.17, 15) is 9.59 Å². The molecule has 0 bridgehead atoms. The molecule has 0 spiro atoms. The van der Waals surface area contributed by atoms with Crippen molar-refractivity contribution < 1.29 is 0 Å². The van der Waals surface area contributed by atoms with Gasteiger partial charge in [0.05, 0.1) is 0 Å². The highest BCUT2D eigenvalue weighted by molar-refractivity contribution is 5.09. The molecule has 1 saturated carbocycles. The van der Waals surface area contributed by atoms with Crippen molar-refractivity contribution in [1.29, 1.82) is 0 Å². The van der Waals surface area contributed by atoms with E-state index in [4.69, 9.17) is 0 Å². The maximum absolute atomic E-state index is 11.2. The summed E-state index contributed by atoms with van der Waals surface area (Å²) in [6.07, 6.45) is 3.37. The molecule has 0 aromatic carbocycles. The average Bonchev–Trinajstić information content (AvgIpc) is 1.96. The van der Waals surface area contributed by atoms with Gasteiger partial charge in [-0.2, -0.15) is 0 Å². The predicted molar refractivity (Wildman–Crippen MR) is 48.9 cm³/mol. The second kappa shape index (κ2) is 2.87. The second-order valence-electron chi connectivity index (χ2n) is 3.55. The molecule has 4 heteroatoms. The fourth-order valence-electron chi connectivity index (χ4n) is 1.51. The number of aromatic nitrogens is 2. The lowest BCUT2D eigenvalue weighted by molar-refractivity contribution is 0.408. The Hall–Kier alpha value is -1.32. The van der Waals surface area contributed by atoms with Crippen LogP contribution in [0.25, 0.3) is 0 Å². The van der Waals surface area contributed by atoms with Gasteiger partial charge in [0.15, 0.2) is 0 Å². The van der Waals surface area contributed by atoms with Crippen molar-refractivity contribution in [3.05, 3.63) is 32.6 Å². The second-order valence-corrected chi connectivity index (χ2v) is 3.55. The highest BCUT2D eigenvalue weighted by atomic mass is 16.2. The third-order valence-corrected chi connectivity index (χ3v) is 2.71. The van der Waals surface area contributed by atoms with Crippen LogP contribution >= 0.6 is 0 Å². The molecule has 0 radical (unpaired) electrons.